The van der Waals surface area contributed by atoms with Crippen LogP contribution in [0.25, 0.3) is 6.08 Å². The lowest BCUT2D eigenvalue weighted by molar-refractivity contribution is 0.736. The van der Waals surface area contributed by atoms with Crippen LogP contribution < -0.4 is 10.0 Å². The van der Waals surface area contributed by atoms with Gasteiger partial charge in [-0.25, -0.2) is 0 Å². The number of hydrazine groups is 1. The Hall–Kier alpha value is -3.00. The predicted molar refractivity (Wildman–Crippen MR) is 112 cm³/mol. The highest BCUT2D eigenvalue weighted by atomic mass is 15.6. The van der Waals surface area contributed by atoms with Crippen molar-refractivity contribution in [2.24, 2.45) is 0 Å². The van der Waals surface area contributed by atoms with Crippen molar-refractivity contribution in [3.63, 3.8) is 0 Å². The van der Waals surface area contributed by atoms with E-state index in [2.05, 4.69) is 116 Å². The van der Waals surface area contributed by atoms with E-state index in [0.29, 0.717) is 0 Å². The van der Waals surface area contributed by atoms with Gasteiger partial charge in [-0.2, -0.15) is 0 Å². The molecule has 130 valence electrons. The first kappa shape index (κ1) is 16.5. The van der Waals surface area contributed by atoms with Crippen LogP contribution >= 0.6 is 0 Å². The van der Waals surface area contributed by atoms with Crippen LogP contribution in [0.2, 0.25) is 0 Å². The summed E-state index contributed by atoms with van der Waals surface area (Å²) in [4.78, 5) is 0. The van der Waals surface area contributed by atoms with Gasteiger partial charge in [0.1, 0.15) is 0 Å². The molecule has 1 aliphatic rings. The molecule has 0 radical (unpaired) electrons. The number of anilines is 3. The lowest BCUT2D eigenvalue weighted by Gasteiger charge is -2.44. The van der Waals surface area contributed by atoms with Gasteiger partial charge in [-0.15, -0.1) is 0 Å². The smallest absolute Gasteiger partial charge is 0.0666 e. The summed E-state index contributed by atoms with van der Waals surface area (Å²) in [5, 5.41) is 4.78. The zero-order valence-corrected chi connectivity index (χ0v) is 15.6. The van der Waals surface area contributed by atoms with Gasteiger partial charge in [0.25, 0.3) is 0 Å². The van der Waals surface area contributed by atoms with Crippen LogP contribution in [0, 0.1) is 13.8 Å². The van der Waals surface area contributed by atoms with Gasteiger partial charge >= 0.3 is 0 Å². The number of aryl methyl sites for hydroxylation is 2. The molecule has 2 heteroatoms. The summed E-state index contributed by atoms with van der Waals surface area (Å²) >= 11 is 0. The molecule has 3 aromatic rings. The van der Waals surface area contributed by atoms with Crippen LogP contribution in [0.1, 0.15) is 23.6 Å². The highest BCUT2D eigenvalue weighted by Gasteiger charge is 2.28. The molecule has 0 aromatic heterocycles. The maximum absolute atomic E-state index is 2.40. The van der Waals surface area contributed by atoms with E-state index < -0.39 is 0 Å². The molecule has 1 atom stereocenters. The van der Waals surface area contributed by atoms with Crippen molar-refractivity contribution in [1.29, 1.82) is 0 Å². The normalized spacial score (nSPS) is 15.7. The van der Waals surface area contributed by atoms with Crippen LogP contribution in [0.4, 0.5) is 17.1 Å². The number of hydrogen-bond donors (Lipinski definition) is 0. The Morgan fingerprint density at radius 3 is 1.88 bits per heavy atom. The Morgan fingerprint density at radius 1 is 0.731 bits per heavy atom. The van der Waals surface area contributed by atoms with Gasteiger partial charge in [0, 0.05) is 0 Å². The molecule has 26 heavy (non-hydrogen) atoms. The van der Waals surface area contributed by atoms with Crippen molar-refractivity contribution >= 4 is 23.1 Å². The fourth-order valence-electron chi connectivity index (χ4n) is 3.63. The molecule has 0 fully saturated rings. The van der Waals surface area contributed by atoms with Crippen molar-refractivity contribution in [2.45, 2.75) is 26.8 Å². The third kappa shape index (κ3) is 2.78. The first-order chi connectivity index (χ1) is 12.7. The molecule has 0 amide bonds. The first-order valence-corrected chi connectivity index (χ1v) is 9.14. The summed E-state index contributed by atoms with van der Waals surface area (Å²) in [6, 6.07) is 26.0. The summed E-state index contributed by atoms with van der Waals surface area (Å²) in [5.41, 5.74) is 7.41. The fraction of sp³-hybridized carbons (Fsp3) is 0.167. The Morgan fingerprint density at radius 2 is 1.27 bits per heavy atom. The molecule has 1 heterocycles. The molecule has 4 rings (SSSR count). The molecule has 0 saturated carbocycles. The summed E-state index contributed by atoms with van der Waals surface area (Å²) in [5.74, 6) is 0. The van der Waals surface area contributed by atoms with Crippen molar-refractivity contribution in [2.75, 3.05) is 10.0 Å². The van der Waals surface area contributed by atoms with Crippen molar-refractivity contribution < 1.29 is 0 Å². The van der Waals surface area contributed by atoms with Crippen LogP contribution in [-0.4, -0.2) is 6.04 Å². The van der Waals surface area contributed by atoms with E-state index in [1.807, 2.05) is 0 Å². The Kier molecular flexibility index (Phi) is 4.26. The second-order valence-corrected chi connectivity index (χ2v) is 6.89. The van der Waals surface area contributed by atoms with E-state index in [1.54, 1.807) is 0 Å². The van der Waals surface area contributed by atoms with Crippen LogP contribution in [0.3, 0.4) is 0 Å². The third-order valence-corrected chi connectivity index (χ3v) is 5.03. The van der Waals surface area contributed by atoms with Gasteiger partial charge in [-0.05, 0) is 55.7 Å². The molecule has 1 aliphatic heterocycles. The number of fused-ring (bicyclic) bond motifs is 1. The Bertz CT molecular complexity index is 912. The molecular weight excluding hydrogens is 316 g/mol. The number of para-hydroxylation sites is 3. The standard InChI is InChI=1S/C24H24N2/c1-18-10-4-7-13-22(18)26(23-14-8-5-11-19(23)2)25-20(3)16-17-21-12-6-9-15-24(21)25/h4-17,20H,1-3H3. The highest BCUT2D eigenvalue weighted by molar-refractivity contribution is 5.80. The minimum absolute atomic E-state index is 0.254. The average molecular weight is 340 g/mol. The van der Waals surface area contributed by atoms with Gasteiger partial charge in [-0.3, -0.25) is 10.0 Å². The van der Waals surface area contributed by atoms with E-state index in [0.717, 1.165) is 0 Å². The van der Waals surface area contributed by atoms with Crippen LogP contribution in [0.15, 0.2) is 78.9 Å². The molecule has 0 N–H and O–H groups in total. The SMILES string of the molecule is Cc1ccccc1N(c1ccccc1C)N1c2ccccc2C=CC1C. The fourth-order valence-corrected chi connectivity index (χ4v) is 3.63. The molecule has 3 aromatic carbocycles. The van der Waals surface area contributed by atoms with Crippen molar-refractivity contribution in [3.05, 3.63) is 95.6 Å². The number of rotatable bonds is 3. The lowest BCUT2D eigenvalue weighted by atomic mass is 10.0. The summed E-state index contributed by atoms with van der Waals surface area (Å²) in [7, 11) is 0. The van der Waals surface area contributed by atoms with Gasteiger partial charge in [0.15, 0.2) is 0 Å². The maximum atomic E-state index is 2.40. The Labute approximate surface area is 156 Å². The zero-order chi connectivity index (χ0) is 18.1. The minimum Gasteiger partial charge on any atom is -0.274 e. The molecule has 2 nitrogen and oxygen atoms in total. The van der Waals surface area contributed by atoms with Crippen molar-refractivity contribution in [1.82, 2.24) is 0 Å². The topological polar surface area (TPSA) is 6.48 Å². The quantitative estimate of drug-likeness (QED) is 0.554. The average Bonchev–Trinajstić information content (AvgIpc) is 2.66. The maximum Gasteiger partial charge on any atom is 0.0666 e. The first-order valence-electron chi connectivity index (χ1n) is 9.14. The van der Waals surface area contributed by atoms with Crippen LogP contribution in [-0.2, 0) is 0 Å². The van der Waals surface area contributed by atoms with Gasteiger partial charge in [-0.1, -0.05) is 66.7 Å². The molecule has 0 spiro atoms. The molecule has 0 aliphatic carbocycles. The summed E-state index contributed by atoms with van der Waals surface area (Å²) in [6.45, 7) is 6.60. The van der Waals surface area contributed by atoms with E-state index >= 15 is 0 Å². The van der Waals surface area contributed by atoms with Gasteiger partial charge in [0.2, 0.25) is 0 Å². The minimum atomic E-state index is 0.254. The monoisotopic (exact) mass is 340 g/mol. The van der Waals surface area contributed by atoms with E-state index in [-0.39, 0.29) is 6.04 Å². The summed E-state index contributed by atoms with van der Waals surface area (Å²) in [6.07, 6.45) is 4.50. The second-order valence-electron chi connectivity index (χ2n) is 6.89. The predicted octanol–water partition coefficient (Wildman–Crippen LogP) is 6.28. The van der Waals surface area contributed by atoms with E-state index in [9.17, 15) is 0 Å². The van der Waals surface area contributed by atoms with Gasteiger partial charge < -0.3 is 0 Å². The second kappa shape index (κ2) is 6.72. The Balaban J connectivity index is 1.96. The highest BCUT2D eigenvalue weighted by Crippen LogP contribution is 2.39. The number of nitrogens with zero attached hydrogens (tertiary/aromatic N) is 2. The molecule has 1 unspecified atom stereocenters. The zero-order valence-electron chi connectivity index (χ0n) is 15.6. The van der Waals surface area contributed by atoms with Crippen molar-refractivity contribution in [3.8, 4) is 0 Å². The van der Waals surface area contributed by atoms with Crippen LogP contribution in [0.5, 0.6) is 0 Å². The largest absolute Gasteiger partial charge is 0.274 e. The molecular formula is C24H24N2. The molecule has 0 bridgehead atoms. The third-order valence-electron chi connectivity index (χ3n) is 5.03. The van der Waals surface area contributed by atoms with E-state index in [4.69, 9.17) is 0 Å². The lowest BCUT2D eigenvalue weighted by Crippen LogP contribution is -2.47. The van der Waals surface area contributed by atoms with Gasteiger partial charge in [0.05, 0.1) is 23.1 Å². The van der Waals surface area contributed by atoms with E-state index in [1.165, 1.54) is 33.8 Å². The summed E-state index contributed by atoms with van der Waals surface area (Å²) < 4.78 is 0. The number of hydrogen-bond acceptors (Lipinski definition) is 2. The molecule has 0 saturated heterocycles. The number of benzene rings is 3.